The van der Waals surface area contributed by atoms with Crippen molar-refractivity contribution in [1.29, 1.82) is 0 Å². The van der Waals surface area contributed by atoms with E-state index in [0.29, 0.717) is 68.3 Å². The lowest BCUT2D eigenvalue weighted by atomic mass is 9.92. The summed E-state index contributed by atoms with van der Waals surface area (Å²) in [6, 6.07) is 60.8. The Bertz CT molecular complexity index is 4370. The Morgan fingerprint density at radius 1 is 0.546 bits per heavy atom. The van der Waals surface area contributed by atoms with Crippen molar-refractivity contribution in [3.63, 3.8) is 0 Å². The van der Waals surface area contributed by atoms with Crippen molar-refractivity contribution in [2.75, 3.05) is 27.4 Å². The molecule has 0 unspecified atom stereocenters. The van der Waals surface area contributed by atoms with Gasteiger partial charge in [-0.25, -0.2) is 21.4 Å². The number of rotatable bonds is 23. The van der Waals surface area contributed by atoms with Crippen molar-refractivity contribution in [3.8, 4) is 34.8 Å². The van der Waals surface area contributed by atoms with Crippen molar-refractivity contribution >= 4 is 57.4 Å². The lowest BCUT2D eigenvalue weighted by Crippen LogP contribution is -2.37. The van der Waals surface area contributed by atoms with E-state index in [1.165, 1.54) is 7.11 Å². The third-order valence-electron chi connectivity index (χ3n) is 17.6. The predicted molar refractivity (Wildman–Crippen MR) is 357 cm³/mol. The lowest BCUT2D eigenvalue weighted by molar-refractivity contribution is -0.152. The molecule has 12 rings (SSSR count). The number of benzene rings is 7. The van der Waals surface area contributed by atoms with Gasteiger partial charge in [-0.1, -0.05) is 127 Å². The van der Waals surface area contributed by atoms with E-state index in [1.54, 1.807) is 54.7 Å². The summed E-state index contributed by atoms with van der Waals surface area (Å²) in [7, 11) is 2.86. The zero-order valence-electron chi connectivity index (χ0n) is 53.9. The van der Waals surface area contributed by atoms with Crippen LogP contribution in [0.1, 0.15) is 71.0 Å². The van der Waals surface area contributed by atoms with E-state index in [2.05, 4.69) is 27.1 Å². The summed E-state index contributed by atoms with van der Waals surface area (Å²) in [5, 5.41) is 32.1. The predicted octanol–water partition coefficient (Wildman–Crippen LogP) is 9.99. The van der Waals surface area contributed by atoms with E-state index in [1.807, 2.05) is 177 Å². The maximum absolute atomic E-state index is 13.2. The van der Waals surface area contributed by atoms with E-state index in [0.717, 1.165) is 66.8 Å². The molecule has 0 bridgehead atoms. The van der Waals surface area contributed by atoms with Crippen LogP contribution in [0.3, 0.4) is 0 Å². The number of para-hydroxylation sites is 2. The van der Waals surface area contributed by atoms with E-state index in [4.69, 9.17) is 44.0 Å². The average Bonchev–Trinajstić information content (AvgIpc) is 1.58. The molecule has 21 nitrogen and oxygen atoms in total. The van der Waals surface area contributed by atoms with E-state index in [9.17, 15) is 28.8 Å². The summed E-state index contributed by atoms with van der Waals surface area (Å²) in [5.41, 5.74) is 10.9. The topological polar surface area (TPSA) is 292 Å². The van der Waals surface area contributed by atoms with Gasteiger partial charge in [0, 0.05) is 34.1 Å². The molecule has 2 heterocycles. The molecule has 97 heavy (non-hydrogen) atoms. The molecule has 3 aliphatic rings. The molecule has 4 amide bonds. The van der Waals surface area contributed by atoms with Gasteiger partial charge in [-0.15, -0.1) is 0 Å². The van der Waals surface area contributed by atoms with Gasteiger partial charge in [0.15, 0.2) is 0 Å². The number of ether oxygens (including phenoxy) is 6. The number of fused-ring (bicyclic) bond motifs is 2. The molecule has 3 fully saturated rings. The maximum Gasteiger partial charge on any atom is 0.317 e. The fourth-order valence-electron chi connectivity index (χ4n) is 12.2. The Labute approximate surface area is 560 Å². The minimum atomic E-state index is -1.12. The Kier molecular flexibility index (Phi) is 22.2. The molecule has 6 atom stereocenters. The number of nitrogens with one attached hydrogen (secondary N) is 4. The Morgan fingerprint density at radius 2 is 1.15 bits per heavy atom. The fraction of sp³-hybridized carbons (Fsp3) is 0.263. The van der Waals surface area contributed by atoms with Crippen LogP contribution in [0.2, 0.25) is 0 Å². The van der Waals surface area contributed by atoms with Crippen LogP contribution in [-0.4, -0.2) is 88.6 Å². The minimum absolute atomic E-state index is 0.145. The van der Waals surface area contributed by atoms with Gasteiger partial charge in [-0.05, 0) is 147 Å². The van der Waals surface area contributed by atoms with Crippen LogP contribution in [-0.2, 0) is 76.3 Å². The zero-order valence-corrected chi connectivity index (χ0v) is 53.9. The Morgan fingerprint density at radius 3 is 1.84 bits per heavy atom. The number of esters is 2. The number of hydrogen-bond acceptors (Lipinski definition) is 17. The molecule has 7 N–H and O–H groups in total. The number of aryl methyl sites for hydroxylation is 1. The zero-order chi connectivity index (χ0) is 68.5. The largest absolute Gasteiger partial charge is 0.497 e. The normalized spacial score (nSPS) is 19.0. The van der Waals surface area contributed by atoms with Gasteiger partial charge in [-0.3, -0.25) is 49.4 Å². The van der Waals surface area contributed by atoms with Crippen LogP contribution in [0.25, 0.3) is 21.8 Å². The van der Waals surface area contributed by atoms with Gasteiger partial charge >= 0.3 is 11.9 Å². The average molecular weight is 1310 g/mol. The summed E-state index contributed by atoms with van der Waals surface area (Å²) >= 11 is 0. The first-order valence-electron chi connectivity index (χ1n) is 31.5. The first-order chi connectivity index (χ1) is 47.1. The molecule has 0 radical (unpaired) electrons. The first-order valence-corrected chi connectivity index (χ1v) is 31.5. The van der Waals surface area contributed by atoms with Crippen LogP contribution in [0.15, 0.2) is 194 Å². The minimum Gasteiger partial charge on any atom is -0.497 e. The van der Waals surface area contributed by atoms with Crippen LogP contribution >= 0.6 is 0 Å². The van der Waals surface area contributed by atoms with Gasteiger partial charge in [0.2, 0.25) is 23.6 Å². The van der Waals surface area contributed by atoms with Crippen LogP contribution in [0, 0.1) is 47.3 Å². The number of carbonyl (C=O) groups is 6. The second kappa shape index (κ2) is 31.4. The summed E-state index contributed by atoms with van der Waals surface area (Å²) in [5.74, 6) is 3.86. The van der Waals surface area contributed by atoms with E-state index in [-0.39, 0.29) is 25.5 Å². The molecular weight excluding hydrogens is 1240 g/mol. The molecule has 3 saturated carbocycles. The summed E-state index contributed by atoms with van der Waals surface area (Å²) in [6.07, 6.45) is 1.73. The fourth-order valence-corrected chi connectivity index (χ4v) is 12.2. The van der Waals surface area contributed by atoms with Crippen LogP contribution in [0.4, 0.5) is 0 Å². The summed E-state index contributed by atoms with van der Waals surface area (Å²) < 4.78 is 32.8. The van der Waals surface area contributed by atoms with Gasteiger partial charge < -0.3 is 33.7 Å². The number of hydrogen-bond donors (Lipinski definition) is 7. The molecule has 2 aromatic heterocycles. The number of amides is 4. The van der Waals surface area contributed by atoms with Crippen molar-refractivity contribution in [3.05, 3.63) is 239 Å². The Balaban J connectivity index is 0.000000159. The molecule has 0 spiro atoms. The third-order valence-corrected chi connectivity index (χ3v) is 17.6. The highest BCUT2D eigenvalue weighted by molar-refractivity contribution is 5.98. The lowest BCUT2D eigenvalue weighted by Gasteiger charge is -2.18. The van der Waals surface area contributed by atoms with E-state index < -0.39 is 63.7 Å². The number of hydroxylamine groups is 3. The van der Waals surface area contributed by atoms with Crippen molar-refractivity contribution in [2.24, 2.45) is 28.6 Å². The van der Waals surface area contributed by atoms with Crippen molar-refractivity contribution < 1.29 is 72.8 Å². The van der Waals surface area contributed by atoms with Gasteiger partial charge in [0.05, 0.1) is 66.1 Å². The van der Waals surface area contributed by atoms with Gasteiger partial charge in [-0.2, -0.15) is 0 Å². The van der Waals surface area contributed by atoms with Crippen LogP contribution in [0.5, 0.6) is 23.0 Å². The third kappa shape index (κ3) is 16.5. The monoisotopic (exact) mass is 1310 g/mol. The molecule has 7 aromatic carbocycles. The Hall–Kier alpha value is -11.2. The summed E-state index contributed by atoms with van der Waals surface area (Å²) in [4.78, 5) is 83.1. The van der Waals surface area contributed by atoms with E-state index >= 15 is 0 Å². The number of carbonyl (C=O) groups excluding carboxylic acids is 6. The first kappa shape index (κ1) is 68.7. The van der Waals surface area contributed by atoms with Gasteiger partial charge in [0.25, 0.3) is 0 Å². The van der Waals surface area contributed by atoms with Gasteiger partial charge in [0.1, 0.15) is 48.2 Å². The number of nitrogens with zero attached hydrogens (tertiary/aromatic N) is 2. The number of aromatic nitrogens is 2. The highest BCUT2D eigenvalue weighted by Crippen LogP contribution is 2.58. The summed E-state index contributed by atoms with van der Waals surface area (Å²) in [6.45, 7) is 5.22. The van der Waals surface area contributed by atoms with Crippen molar-refractivity contribution in [2.45, 2.75) is 71.1 Å². The van der Waals surface area contributed by atoms with Crippen LogP contribution < -0.4 is 40.7 Å². The molecule has 9 aromatic rings. The second-order valence-electron chi connectivity index (χ2n) is 23.9. The standard InChI is InChI=1S/C30H29N3O4.C24H24N2O5.C22H21NO6/c1-20-15-23(25-9-5-6-10-27(25)32-20)19-37-24-13-11-21(12-14-24)16-30(17-26(30)28(34)33-36)29(35)31-18-22-7-3-2-4-8-22;1-2-30-23(28)24(14-20(24)22(27)26-29)13-16-7-11-19(12-8-16)31-15-18-10-9-17-5-3-4-6-21(17)25-18;1-27-17-9-3-6-15(12-17)7-5-11-29-18-10-4-8-16(13-18)22(21(25)28-2)14-19(22)20(24)23-26/h2-15,26,36H,16-19H2,1H3,(H,31,35)(H,33,34);3-12,20,29H,2,13-15H2,1H3,(H,26,27);3-4,6,8-10,12-13,19,26H,11,14H2,1-2H3,(H,23,24)/t26-,30+;20-,24+;19-,22-/m110/s1. The molecule has 0 saturated heterocycles. The molecule has 3 aliphatic carbocycles. The molecule has 0 aliphatic heterocycles. The smallest absolute Gasteiger partial charge is 0.317 e. The maximum atomic E-state index is 13.2. The number of pyridine rings is 2. The molecule has 498 valence electrons. The SMILES string of the molecule is CCOC(=O)[C@@]1(Cc2ccc(OCc3ccc4ccccc4n3)cc2)C[C@@H]1C(=O)NO.COC(=O)[C@]1(c2cccc(OCC#Cc3cccc(OC)c3)c2)C[C@H]1C(=O)NO.Cc1cc(COc2ccc(C[C@]3(C(=O)NCc4ccccc4)C[C@@H]3C(=O)NO)cc2)c2ccccc2n1. The second-order valence-corrected chi connectivity index (χ2v) is 23.9. The molecular formula is C76H74N6O15. The number of methoxy groups -OCH3 is 2. The highest BCUT2D eigenvalue weighted by atomic mass is 16.5. The van der Waals surface area contributed by atoms with Crippen molar-refractivity contribution in [1.82, 2.24) is 31.7 Å². The highest BCUT2D eigenvalue weighted by Gasteiger charge is 2.66. The molecule has 21 heteroatoms. The quantitative estimate of drug-likeness (QED) is 0.0136.